The number of ether oxygens (including phenoxy) is 2. The lowest BCUT2D eigenvalue weighted by atomic mass is 10.2. The zero-order valence-electron chi connectivity index (χ0n) is 56.7. The van der Waals surface area contributed by atoms with Crippen molar-refractivity contribution in [2.45, 2.75) is 103 Å². The standard InChI is InChI=1S/C18H17N9O.C14H20N6O2.C9H12N6.C9H7N3O2.C9H18N2O2.C5H3ClN4/c28-18(15-20-11-27(24-15)14-4-2-1-3-5-14)22-13-6-8-25(10-13)16-17-23-21-12-26(17)9-7-19-16;1-14(2,3)22-13(21)17-10-4-6-19(8-10)11-12-18-16-9-20(12)7-5-15-11;10-7-1-3-14(5-7)8-9-13-12-6-15(9)4-2-11-8;13-9(14)8-10-6-12(11-8)7-4-2-1-3-5-7;1-9(2,3)13-8(12)11-7-4-5-10-6-7;6-4-5-9-8-3-10(5)2-1-7-4/h1-5,7,9,11-13H,6,8,10H2,(H,22,28);5,7,9-10H,4,6,8H2,1-3H3,(H,17,21);2,4,6-7H,1,3,5,10H2;1-6H,(H,13,14);7,10H,4-6H2,1-3H3,(H,11,12);1-3H/t;10-;7-;;7-;/m.00.0./s1. The molecule has 38 heteroatoms. The first-order chi connectivity index (χ1) is 49.2. The fourth-order valence-corrected chi connectivity index (χ4v) is 11.1. The van der Waals surface area contributed by atoms with E-state index in [1.54, 1.807) is 71.7 Å². The van der Waals surface area contributed by atoms with Crippen LogP contribution >= 0.6 is 11.6 Å². The number of carbonyl (C=O) groups excluding carboxylic acids is 3. The van der Waals surface area contributed by atoms with Crippen LogP contribution in [0.3, 0.4) is 0 Å². The van der Waals surface area contributed by atoms with E-state index in [-0.39, 0.29) is 53.9 Å². The normalized spacial score (nSPS) is 17.0. The van der Waals surface area contributed by atoms with Gasteiger partial charge in [-0.05, 0) is 98.0 Å². The van der Waals surface area contributed by atoms with Crippen molar-refractivity contribution in [1.29, 1.82) is 0 Å². The third-order valence-electron chi connectivity index (χ3n) is 15.5. The molecule has 10 aromatic heterocycles. The van der Waals surface area contributed by atoms with Crippen LogP contribution in [0.4, 0.5) is 27.0 Å². The Morgan fingerprint density at radius 1 is 0.510 bits per heavy atom. The number of aromatic carboxylic acids is 1. The monoisotopic (exact) mass is 1410 g/mol. The molecule has 0 bridgehead atoms. The molecule has 0 spiro atoms. The van der Waals surface area contributed by atoms with Crippen LogP contribution < -0.4 is 41.7 Å². The summed E-state index contributed by atoms with van der Waals surface area (Å²) in [6.45, 7) is 17.6. The van der Waals surface area contributed by atoms with Crippen LogP contribution in [0.1, 0.15) is 88.5 Å². The molecule has 4 fully saturated rings. The van der Waals surface area contributed by atoms with Gasteiger partial charge >= 0.3 is 18.2 Å². The molecular formula is C64H77ClN30O7. The molecule has 4 saturated heterocycles. The summed E-state index contributed by atoms with van der Waals surface area (Å²) in [4.78, 5) is 77.3. The number of anilines is 3. The highest BCUT2D eigenvalue weighted by Crippen LogP contribution is 2.25. The Kier molecular flexibility index (Phi) is 22.9. The average molecular weight is 1410 g/mol. The molecule has 0 radical (unpaired) electrons. The van der Waals surface area contributed by atoms with Crippen LogP contribution in [-0.4, -0.2) is 225 Å². The number of nitrogens with two attached hydrogens (primary N) is 1. The highest BCUT2D eigenvalue weighted by atomic mass is 35.5. The number of carboxylic acids is 1. The average Bonchev–Trinajstić information content (AvgIpc) is 1.66. The number of carboxylic acid groups (broad SMARTS) is 1. The smallest absolute Gasteiger partial charge is 0.407 e. The SMILES string of the molecule is CC(C)(C)OC(=O)N[C@H]1CCN(c2nccn3cnnc23)C1.CC(C)(C)OC(=O)N[C@H]1CCNC1.Clc1nccn2cnnc12.N[C@H]1CCN(c2nccn3cnnc23)C1.O=C(NC1CCN(c2nccn3cnnc23)C1)c1ncn(-c2ccccc2)n1.O=C(O)c1ncn(-c2ccccc2)n1. The van der Waals surface area contributed by atoms with Crippen molar-refractivity contribution in [3.8, 4) is 11.4 Å². The van der Waals surface area contributed by atoms with E-state index in [0.717, 1.165) is 105 Å². The number of halogens is 1. The maximum atomic E-state index is 12.5. The lowest BCUT2D eigenvalue weighted by Gasteiger charge is -2.22. The summed E-state index contributed by atoms with van der Waals surface area (Å²) in [5.74, 6) is 0.975. The number of hydrogen-bond acceptors (Lipinski definition) is 27. The Labute approximate surface area is 587 Å². The second-order valence-electron chi connectivity index (χ2n) is 25.5. The third-order valence-corrected chi connectivity index (χ3v) is 15.8. The molecule has 7 N–H and O–H groups in total. The Hall–Kier alpha value is -12.0. The molecule has 3 amide bonds. The zero-order chi connectivity index (χ0) is 71.8. The van der Waals surface area contributed by atoms with Gasteiger partial charge in [0.25, 0.3) is 11.7 Å². The van der Waals surface area contributed by atoms with Gasteiger partial charge in [0.1, 0.15) is 49.2 Å². The van der Waals surface area contributed by atoms with Crippen molar-refractivity contribution < 1.29 is 33.8 Å². The fourth-order valence-electron chi connectivity index (χ4n) is 10.9. The fraction of sp³-hybridized carbons (Fsp3) is 0.375. The number of fused-ring (bicyclic) bond motifs is 4. The second kappa shape index (κ2) is 32.8. The quantitative estimate of drug-likeness (QED) is 0.112. The highest BCUT2D eigenvalue weighted by Gasteiger charge is 2.31. The van der Waals surface area contributed by atoms with Crippen molar-refractivity contribution in [3.63, 3.8) is 0 Å². The molecule has 4 atom stereocenters. The van der Waals surface area contributed by atoms with Gasteiger partial charge in [-0.2, -0.15) is 0 Å². The molecule has 532 valence electrons. The number of carbonyl (C=O) groups is 4. The largest absolute Gasteiger partial charge is 0.475 e. The Balaban J connectivity index is 0.000000127. The minimum atomic E-state index is -1.13. The van der Waals surface area contributed by atoms with E-state index in [0.29, 0.717) is 29.5 Å². The van der Waals surface area contributed by atoms with Gasteiger partial charge in [-0.25, -0.2) is 53.7 Å². The number of amides is 3. The summed E-state index contributed by atoms with van der Waals surface area (Å²) in [5, 5.41) is 60.3. The van der Waals surface area contributed by atoms with Crippen LogP contribution in [0, 0.1) is 0 Å². The first-order valence-corrected chi connectivity index (χ1v) is 33.0. The maximum Gasteiger partial charge on any atom is 0.407 e. The lowest BCUT2D eigenvalue weighted by molar-refractivity contribution is 0.0497. The van der Waals surface area contributed by atoms with E-state index >= 15 is 0 Å². The van der Waals surface area contributed by atoms with Gasteiger partial charge in [-0.1, -0.05) is 48.0 Å². The van der Waals surface area contributed by atoms with Gasteiger partial charge in [-0.3, -0.25) is 22.4 Å². The summed E-state index contributed by atoms with van der Waals surface area (Å²) in [5.41, 5.74) is 9.43. The van der Waals surface area contributed by atoms with Gasteiger partial charge in [0.05, 0.1) is 17.4 Å². The van der Waals surface area contributed by atoms with Crippen molar-refractivity contribution >= 4 is 75.7 Å². The van der Waals surface area contributed by atoms with Crippen molar-refractivity contribution in [2.75, 3.05) is 67.1 Å². The summed E-state index contributed by atoms with van der Waals surface area (Å²) >= 11 is 5.66. The van der Waals surface area contributed by atoms with E-state index in [1.165, 1.54) is 11.0 Å². The summed E-state index contributed by atoms with van der Waals surface area (Å²) in [6.07, 6.45) is 26.4. The van der Waals surface area contributed by atoms with Crippen molar-refractivity contribution in [1.82, 2.24) is 129 Å². The zero-order valence-corrected chi connectivity index (χ0v) is 57.4. The van der Waals surface area contributed by atoms with Crippen LogP contribution in [0.15, 0.2) is 148 Å². The van der Waals surface area contributed by atoms with Crippen LogP contribution in [-0.2, 0) is 9.47 Å². The maximum absolute atomic E-state index is 12.5. The molecule has 0 aliphatic carbocycles. The molecule has 1 unspecified atom stereocenters. The summed E-state index contributed by atoms with van der Waals surface area (Å²) in [7, 11) is 0. The number of nitrogens with zero attached hydrogens (tertiary/aromatic N) is 25. The van der Waals surface area contributed by atoms with E-state index in [2.05, 4.69) is 117 Å². The first-order valence-electron chi connectivity index (χ1n) is 32.6. The van der Waals surface area contributed by atoms with Gasteiger partial charge in [0.2, 0.25) is 22.8 Å². The Morgan fingerprint density at radius 2 is 0.922 bits per heavy atom. The molecule has 12 aromatic rings. The molecule has 4 aliphatic heterocycles. The topological polar surface area (TPSA) is 425 Å². The minimum absolute atomic E-state index is 0.0128. The molecule has 102 heavy (non-hydrogen) atoms. The van der Waals surface area contributed by atoms with Crippen molar-refractivity contribution in [3.05, 3.63) is 165 Å². The molecule has 0 saturated carbocycles. The third kappa shape index (κ3) is 19.3. The van der Waals surface area contributed by atoms with E-state index in [4.69, 9.17) is 31.9 Å². The van der Waals surface area contributed by atoms with Crippen molar-refractivity contribution in [2.24, 2.45) is 5.73 Å². The number of alkyl carbamates (subject to hydrolysis) is 2. The predicted octanol–water partition coefficient (Wildman–Crippen LogP) is 4.22. The van der Waals surface area contributed by atoms with Gasteiger partial charge in [0.15, 0.2) is 28.3 Å². The van der Waals surface area contributed by atoms with E-state index in [9.17, 15) is 19.2 Å². The number of rotatable bonds is 10. The molecule has 37 nitrogen and oxygen atoms in total. The van der Waals surface area contributed by atoms with Gasteiger partial charge in [-0.15, -0.1) is 51.0 Å². The van der Waals surface area contributed by atoms with Crippen LogP contribution in [0.2, 0.25) is 5.15 Å². The summed E-state index contributed by atoms with van der Waals surface area (Å²) in [6, 6.07) is 19.3. The van der Waals surface area contributed by atoms with E-state index < -0.39 is 17.2 Å². The lowest BCUT2D eigenvalue weighted by Crippen LogP contribution is -2.40. The molecule has 16 rings (SSSR count). The number of para-hydroxylation sites is 2. The predicted molar refractivity (Wildman–Crippen MR) is 371 cm³/mol. The number of benzene rings is 2. The van der Waals surface area contributed by atoms with Gasteiger partial charge < -0.3 is 56.3 Å². The van der Waals surface area contributed by atoms with Crippen LogP contribution in [0.25, 0.3) is 34.0 Å². The minimum Gasteiger partial charge on any atom is -0.475 e. The van der Waals surface area contributed by atoms with Crippen LogP contribution in [0.5, 0.6) is 0 Å². The van der Waals surface area contributed by atoms with E-state index in [1.807, 2.05) is 134 Å². The second-order valence-corrected chi connectivity index (χ2v) is 25.9. The number of nitrogens with one attached hydrogen (secondary N) is 4. The highest BCUT2D eigenvalue weighted by molar-refractivity contribution is 6.32. The molecular weight excluding hydrogens is 1340 g/mol. The first kappa shape index (κ1) is 71.3. The Morgan fingerprint density at radius 3 is 1.34 bits per heavy atom. The molecule has 4 aliphatic rings. The summed E-state index contributed by atoms with van der Waals surface area (Å²) < 4.78 is 20.6. The van der Waals surface area contributed by atoms with Gasteiger partial charge in [0, 0.05) is 114 Å². The Bertz CT molecular complexity index is 4720. The molecule has 2 aromatic carbocycles. The number of hydrogen-bond donors (Lipinski definition) is 6. The number of aromatic nitrogens is 22. The molecule has 14 heterocycles.